The van der Waals surface area contributed by atoms with E-state index in [9.17, 15) is 13.2 Å². The van der Waals surface area contributed by atoms with Gasteiger partial charge in [0.2, 0.25) is 0 Å². The third-order valence-corrected chi connectivity index (χ3v) is 8.46. The molecule has 0 aliphatic heterocycles. The van der Waals surface area contributed by atoms with Gasteiger partial charge >= 0.3 is 0 Å². The normalized spacial score (nSPS) is 11.2. The first kappa shape index (κ1) is 26.3. The number of hydrogen-bond acceptors (Lipinski definition) is 5. The van der Waals surface area contributed by atoms with E-state index in [-0.39, 0.29) is 10.6 Å². The molecule has 0 unspecified atom stereocenters. The fourth-order valence-electron chi connectivity index (χ4n) is 3.18. The second-order valence-electron chi connectivity index (χ2n) is 7.28. The first-order valence-corrected chi connectivity index (χ1v) is 13.2. The molecule has 3 aromatic rings. The lowest BCUT2D eigenvalue weighted by Crippen LogP contribution is -2.40. The summed E-state index contributed by atoms with van der Waals surface area (Å²) >= 11 is 15.6. The fraction of sp³-hybridized carbons (Fsp3) is 0.208. The summed E-state index contributed by atoms with van der Waals surface area (Å²) in [5.41, 5.74) is 1.66. The number of ether oxygens (including phenoxy) is 2. The molecule has 1 amide bonds. The van der Waals surface area contributed by atoms with E-state index >= 15 is 0 Å². The van der Waals surface area contributed by atoms with Crippen LogP contribution in [0, 0.1) is 13.8 Å². The van der Waals surface area contributed by atoms with Crippen molar-refractivity contribution in [1.82, 2.24) is 0 Å². The predicted octanol–water partition coefficient (Wildman–Crippen LogP) is 6.57. The molecular formula is C24H22BrCl2NO5S. The van der Waals surface area contributed by atoms with E-state index in [0.29, 0.717) is 32.6 Å². The van der Waals surface area contributed by atoms with Gasteiger partial charge in [-0.1, -0.05) is 23.2 Å². The van der Waals surface area contributed by atoms with Crippen molar-refractivity contribution in [3.63, 3.8) is 0 Å². The summed E-state index contributed by atoms with van der Waals surface area (Å²) in [5, 5.41) is 0.950. The SMILES string of the molecule is CCOc1ccc(N(C(=O)COc2cc(C)c(Cl)c(C)c2Br)S(=O)(=O)c2ccc(Cl)cc2)cc1. The van der Waals surface area contributed by atoms with Crippen LogP contribution in [0.15, 0.2) is 64.0 Å². The molecule has 0 radical (unpaired) electrons. The number of carbonyl (C=O) groups is 1. The molecule has 180 valence electrons. The van der Waals surface area contributed by atoms with Gasteiger partial charge in [0.15, 0.2) is 6.61 Å². The molecule has 6 nitrogen and oxygen atoms in total. The number of anilines is 1. The van der Waals surface area contributed by atoms with E-state index < -0.39 is 22.5 Å². The molecule has 0 aliphatic carbocycles. The Morgan fingerprint density at radius 2 is 1.62 bits per heavy atom. The highest BCUT2D eigenvalue weighted by Crippen LogP contribution is 2.36. The number of benzene rings is 3. The summed E-state index contributed by atoms with van der Waals surface area (Å²) in [5.74, 6) is 0.148. The molecule has 0 N–H and O–H groups in total. The van der Waals surface area contributed by atoms with Gasteiger partial charge in [-0.25, -0.2) is 8.42 Å². The molecule has 0 saturated carbocycles. The van der Waals surface area contributed by atoms with Gasteiger partial charge in [-0.15, -0.1) is 0 Å². The molecule has 0 saturated heterocycles. The minimum absolute atomic E-state index is 0.0847. The van der Waals surface area contributed by atoms with Crippen LogP contribution >= 0.6 is 39.1 Å². The summed E-state index contributed by atoms with van der Waals surface area (Å²) in [4.78, 5) is 13.2. The Morgan fingerprint density at radius 3 is 2.21 bits per heavy atom. The molecule has 3 rings (SSSR count). The van der Waals surface area contributed by atoms with Gasteiger partial charge in [0, 0.05) is 10.0 Å². The van der Waals surface area contributed by atoms with Gasteiger partial charge in [-0.3, -0.25) is 4.79 Å². The maximum absolute atomic E-state index is 13.5. The van der Waals surface area contributed by atoms with Crippen molar-refractivity contribution in [2.24, 2.45) is 0 Å². The highest BCUT2D eigenvalue weighted by molar-refractivity contribution is 9.10. The van der Waals surface area contributed by atoms with E-state index in [1.54, 1.807) is 18.2 Å². The molecule has 3 aromatic carbocycles. The van der Waals surface area contributed by atoms with Gasteiger partial charge in [-0.05, 0) is 102 Å². The minimum Gasteiger partial charge on any atom is -0.494 e. The van der Waals surface area contributed by atoms with Crippen molar-refractivity contribution >= 4 is 60.7 Å². The number of nitrogens with zero attached hydrogens (tertiary/aromatic N) is 1. The van der Waals surface area contributed by atoms with Crippen LogP contribution in [0.3, 0.4) is 0 Å². The Labute approximate surface area is 217 Å². The van der Waals surface area contributed by atoms with Crippen LogP contribution in [0.2, 0.25) is 10.0 Å². The Morgan fingerprint density at radius 1 is 1.00 bits per heavy atom. The second kappa shape index (κ2) is 11.0. The Balaban J connectivity index is 1.98. The molecule has 0 aromatic heterocycles. The largest absolute Gasteiger partial charge is 0.494 e. The smallest absolute Gasteiger partial charge is 0.278 e. The Bertz CT molecular complexity index is 1300. The average Bonchev–Trinajstić information content (AvgIpc) is 2.81. The van der Waals surface area contributed by atoms with Crippen LogP contribution < -0.4 is 13.8 Å². The van der Waals surface area contributed by atoms with E-state index in [1.807, 2.05) is 20.8 Å². The molecule has 0 spiro atoms. The molecule has 0 fully saturated rings. The van der Waals surface area contributed by atoms with Crippen molar-refractivity contribution in [2.75, 3.05) is 17.5 Å². The molecular weight excluding hydrogens is 565 g/mol. The van der Waals surface area contributed by atoms with Gasteiger partial charge in [-0.2, -0.15) is 4.31 Å². The first-order valence-electron chi connectivity index (χ1n) is 10.2. The number of amides is 1. The van der Waals surface area contributed by atoms with E-state index in [0.717, 1.165) is 15.4 Å². The van der Waals surface area contributed by atoms with E-state index in [1.165, 1.54) is 36.4 Å². The zero-order valence-corrected chi connectivity index (χ0v) is 22.6. The maximum atomic E-state index is 13.5. The summed E-state index contributed by atoms with van der Waals surface area (Å²) < 4.78 is 39.4. The average molecular weight is 587 g/mol. The van der Waals surface area contributed by atoms with Gasteiger partial charge in [0.25, 0.3) is 15.9 Å². The lowest BCUT2D eigenvalue weighted by Gasteiger charge is -2.23. The second-order valence-corrected chi connectivity index (χ2v) is 10.7. The highest BCUT2D eigenvalue weighted by atomic mass is 79.9. The molecule has 0 atom stereocenters. The van der Waals surface area contributed by atoms with Crippen LogP contribution in [0.25, 0.3) is 0 Å². The summed E-state index contributed by atoms with van der Waals surface area (Å²) in [7, 11) is -4.26. The van der Waals surface area contributed by atoms with Crippen molar-refractivity contribution in [2.45, 2.75) is 25.7 Å². The number of carbonyl (C=O) groups excluding carboxylic acids is 1. The lowest BCUT2D eigenvalue weighted by atomic mass is 10.1. The highest BCUT2D eigenvalue weighted by Gasteiger charge is 2.31. The molecule has 0 bridgehead atoms. The summed E-state index contributed by atoms with van der Waals surface area (Å²) in [6, 6.07) is 13.5. The van der Waals surface area contributed by atoms with Crippen molar-refractivity contribution < 1.29 is 22.7 Å². The topological polar surface area (TPSA) is 72.9 Å². The predicted molar refractivity (Wildman–Crippen MR) is 138 cm³/mol. The Kier molecular flexibility index (Phi) is 8.52. The Hall–Kier alpha value is -2.26. The number of aryl methyl sites for hydroxylation is 1. The third kappa shape index (κ3) is 5.68. The maximum Gasteiger partial charge on any atom is 0.278 e. The van der Waals surface area contributed by atoms with E-state index in [4.69, 9.17) is 32.7 Å². The lowest BCUT2D eigenvalue weighted by molar-refractivity contribution is -0.119. The molecule has 0 heterocycles. The number of halogens is 3. The monoisotopic (exact) mass is 585 g/mol. The van der Waals surface area contributed by atoms with E-state index in [2.05, 4.69) is 15.9 Å². The standard InChI is InChI=1S/C24H22BrCl2NO5S/c1-4-32-19-9-7-18(8-10-19)28(34(30,31)20-11-5-17(26)6-12-20)22(29)14-33-21-13-15(2)24(27)16(3)23(21)25/h5-13H,4,14H2,1-3H3. The molecule has 10 heteroatoms. The van der Waals surface area contributed by atoms with Crippen molar-refractivity contribution in [3.8, 4) is 11.5 Å². The quantitative estimate of drug-likeness (QED) is 0.298. The molecule has 34 heavy (non-hydrogen) atoms. The zero-order valence-electron chi connectivity index (χ0n) is 18.6. The number of rotatable bonds is 8. The third-order valence-electron chi connectivity index (χ3n) is 4.88. The summed E-state index contributed by atoms with van der Waals surface area (Å²) in [6.45, 7) is 5.39. The summed E-state index contributed by atoms with van der Waals surface area (Å²) in [6.07, 6.45) is 0. The molecule has 0 aliphatic rings. The van der Waals surface area contributed by atoms with Crippen LogP contribution in [-0.4, -0.2) is 27.5 Å². The van der Waals surface area contributed by atoms with Crippen LogP contribution in [-0.2, 0) is 14.8 Å². The van der Waals surface area contributed by atoms with Gasteiger partial charge in [0.1, 0.15) is 11.5 Å². The van der Waals surface area contributed by atoms with Gasteiger partial charge < -0.3 is 9.47 Å². The van der Waals surface area contributed by atoms with Crippen LogP contribution in [0.5, 0.6) is 11.5 Å². The number of hydrogen-bond donors (Lipinski definition) is 0. The van der Waals surface area contributed by atoms with Crippen LogP contribution in [0.1, 0.15) is 18.1 Å². The van der Waals surface area contributed by atoms with Crippen molar-refractivity contribution in [1.29, 1.82) is 0 Å². The van der Waals surface area contributed by atoms with Crippen molar-refractivity contribution in [3.05, 3.63) is 80.2 Å². The zero-order chi connectivity index (χ0) is 25.0. The first-order chi connectivity index (χ1) is 16.1. The van der Waals surface area contributed by atoms with Crippen LogP contribution in [0.4, 0.5) is 5.69 Å². The number of sulfonamides is 1. The van der Waals surface area contributed by atoms with Gasteiger partial charge in [0.05, 0.1) is 21.7 Å². The fourth-order valence-corrected chi connectivity index (χ4v) is 5.40. The minimum atomic E-state index is -4.26.